The Morgan fingerprint density at radius 1 is 1.17 bits per heavy atom. The molecule has 0 saturated carbocycles. The van der Waals surface area contributed by atoms with Crippen molar-refractivity contribution in [3.63, 3.8) is 0 Å². The Hall–Kier alpha value is -0.0800. The zero-order chi connectivity index (χ0) is 13.5. The molecule has 0 spiro atoms. The highest BCUT2D eigenvalue weighted by Crippen LogP contribution is 2.21. The first-order chi connectivity index (χ1) is 8.62. The summed E-state index contributed by atoms with van der Waals surface area (Å²) < 4.78 is 0. The van der Waals surface area contributed by atoms with Crippen molar-refractivity contribution in [2.24, 2.45) is 11.8 Å². The van der Waals surface area contributed by atoms with Crippen LogP contribution >= 0.6 is 0 Å². The van der Waals surface area contributed by atoms with Crippen LogP contribution in [0.5, 0.6) is 0 Å². The van der Waals surface area contributed by atoms with Gasteiger partial charge >= 0.3 is 0 Å². The van der Waals surface area contributed by atoms with Gasteiger partial charge < -0.3 is 10.2 Å². The van der Waals surface area contributed by atoms with Crippen molar-refractivity contribution in [1.29, 1.82) is 0 Å². The van der Waals surface area contributed by atoms with Crippen molar-refractivity contribution in [2.45, 2.75) is 72.4 Å². The van der Waals surface area contributed by atoms with E-state index in [4.69, 9.17) is 0 Å². The lowest BCUT2D eigenvalue weighted by Gasteiger charge is -2.37. The minimum absolute atomic E-state index is 0.659. The highest BCUT2D eigenvalue weighted by atomic mass is 15.1. The van der Waals surface area contributed by atoms with E-state index in [0.29, 0.717) is 12.1 Å². The first-order valence-corrected chi connectivity index (χ1v) is 8.10. The van der Waals surface area contributed by atoms with Crippen LogP contribution in [0.15, 0.2) is 0 Å². The number of rotatable bonds is 7. The van der Waals surface area contributed by atoms with Gasteiger partial charge in [-0.05, 0) is 51.6 Å². The summed E-state index contributed by atoms with van der Waals surface area (Å²) >= 11 is 0. The molecule has 2 nitrogen and oxygen atoms in total. The topological polar surface area (TPSA) is 15.3 Å². The van der Waals surface area contributed by atoms with Crippen LogP contribution in [0.4, 0.5) is 0 Å². The average Bonchev–Trinajstić information content (AvgIpc) is 2.40. The molecule has 1 heterocycles. The van der Waals surface area contributed by atoms with Crippen LogP contribution in [0, 0.1) is 11.8 Å². The van der Waals surface area contributed by atoms with Gasteiger partial charge in [-0.2, -0.15) is 0 Å². The lowest BCUT2D eigenvalue weighted by molar-refractivity contribution is 0.147. The van der Waals surface area contributed by atoms with Crippen LogP contribution in [0.25, 0.3) is 0 Å². The minimum Gasteiger partial charge on any atom is -0.311 e. The van der Waals surface area contributed by atoms with Crippen molar-refractivity contribution in [1.82, 2.24) is 10.2 Å². The first-order valence-electron chi connectivity index (χ1n) is 8.10. The molecule has 1 saturated heterocycles. The molecule has 3 unspecified atom stereocenters. The molecular weight excluding hydrogens is 220 g/mol. The lowest BCUT2D eigenvalue weighted by Crippen LogP contribution is -2.48. The van der Waals surface area contributed by atoms with Gasteiger partial charge in [0.1, 0.15) is 0 Å². The predicted octanol–water partition coefficient (Wildman–Crippen LogP) is 3.52. The number of piperidine rings is 1. The van der Waals surface area contributed by atoms with Gasteiger partial charge in [-0.3, -0.25) is 0 Å². The number of hydrogen-bond acceptors (Lipinski definition) is 2. The van der Waals surface area contributed by atoms with Gasteiger partial charge in [0, 0.05) is 18.6 Å². The monoisotopic (exact) mass is 254 g/mol. The molecule has 2 heteroatoms. The normalized spacial score (nSPS) is 25.3. The van der Waals surface area contributed by atoms with Gasteiger partial charge in [-0.25, -0.2) is 0 Å². The highest BCUT2D eigenvalue weighted by Gasteiger charge is 2.25. The molecule has 0 aromatic carbocycles. The van der Waals surface area contributed by atoms with Crippen molar-refractivity contribution < 1.29 is 0 Å². The van der Waals surface area contributed by atoms with Crippen LogP contribution < -0.4 is 5.32 Å². The number of likely N-dealkylation sites (tertiary alicyclic amines) is 1. The van der Waals surface area contributed by atoms with Gasteiger partial charge in [0.15, 0.2) is 0 Å². The maximum Gasteiger partial charge on any atom is 0.00818 e. The van der Waals surface area contributed by atoms with Gasteiger partial charge in [0.2, 0.25) is 0 Å². The molecule has 0 bridgehead atoms. The van der Waals surface area contributed by atoms with Crippen LogP contribution in [0.1, 0.15) is 60.3 Å². The van der Waals surface area contributed by atoms with Crippen molar-refractivity contribution in [3.05, 3.63) is 0 Å². The van der Waals surface area contributed by atoms with Gasteiger partial charge in [-0.1, -0.05) is 33.6 Å². The minimum atomic E-state index is 0.659. The SMILES string of the molecule is CCC(CC)C(C)NC(C)C1CCCN(CC)C1. The maximum absolute atomic E-state index is 3.87. The molecular formula is C16H34N2. The zero-order valence-corrected chi connectivity index (χ0v) is 13.2. The largest absolute Gasteiger partial charge is 0.311 e. The second-order valence-corrected chi connectivity index (χ2v) is 6.12. The van der Waals surface area contributed by atoms with E-state index in [-0.39, 0.29) is 0 Å². The van der Waals surface area contributed by atoms with Crippen molar-refractivity contribution in [3.8, 4) is 0 Å². The average molecular weight is 254 g/mol. The molecule has 0 radical (unpaired) electrons. The molecule has 1 aliphatic heterocycles. The Bertz CT molecular complexity index is 213. The smallest absolute Gasteiger partial charge is 0.00818 e. The maximum atomic E-state index is 3.87. The van der Waals surface area contributed by atoms with Crippen LogP contribution in [0.3, 0.4) is 0 Å². The number of nitrogens with one attached hydrogen (secondary N) is 1. The third kappa shape index (κ3) is 4.55. The quantitative estimate of drug-likeness (QED) is 0.748. The van der Waals surface area contributed by atoms with E-state index in [1.807, 2.05) is 0 Å². The van der Waals surface area contributed by atoms with E-state index in [0.717, 1.165) is 11.8 Å². The van der Waals surface area contributed by atoms with E-state index >= 15 is 0 Å². The van der Waals surface area contributed by atoms with E-state index in [1.54, 1.807) is 0 Å². The molecule has 3 atom stereocenters. The third-order valence-electron chi connectivity index (χ3n) is 4.98. The Labute approximate surface area is 115 Å². The first kappa shape index (κ1) is 16.0. The van der Waals surface area contributed by atoms with Gasteiger partial charge in [0.25, 0.3) is 0 Å². The summed E-state index contributed by atoms with van der Waals surface area (Å²) in [5, 5.41) is 3.87. The Kier molecular flexibility index (Phi) is 7.25. The van der Waals surface area contributed by atoms with Gasteiger partial charge in [-0.15, -0.1) is 0 Å². The molecule has 1 rings (SSSR count). The van der Waals surface area contributed by atoms with E-state index < -0.39 is 0 Å². The Morgan fingerprint density at radius 2 is 1.83 bits per heavy atom. The summed E-state index contributed by atoms with van der Waals surface area (Å²) in [6.07, 6.45) is 5.37. The summed E-state index contributed by atoms with van der Waals surface area (Å²) in [5.74, 6) is 1.67. The second kappa shape index (κ2) is 8.16. The van der Waals surface area contributed by atoms with Crippen LogP contribution in [-0.4, -0.2) is 36.6 Å². The summed E-state index contributed by atoms with van der Waals surface area (Å²) in [6, 6.07) is 1.32. The zero-order valence-electron chi connectivity index (χ0n) is 13.2. The predicted molar refractivity (Wildman–Crippen MR) is 81.0 cm³/mol. The molecule has 108 valence electrons. The highest BCUT2D eigenvalue weighted by molar-refractivity contribution is 4.83. The summed E-state index contributed by atoms with van der Waals surface area (Å²) in [6.45, 7) is 15.5. The Morgan fingerprint density at radius 3 is 2.39 bits per heavy atom. The molecule has 0 amide bonds. The van der Waals surface area contributed by atoms with Crippen LogP contribution in [0.2, 0.25) is 0 Å². The fourth-order valence-electron chi connectivity index (χ4n) is 3.47. The summed E-state index contributed by atoms with van der Waals surface area (Å²) in [4.78, 5) is 2.61. The summed E-state index contributed by atoms with van der Waals surface area (Å²) in [7, 11) is 0. The molecule has 1 N–H and O–H groups in total. The summed E-state index contributed by atoms with van der Waals surface area (Å²) in [5.41, 5.74) is 0. The van der Waals surface area contributed by atoms with E-state index in [2.05, 4.69) is 44.8 Å². The molecule has 0 aromatic rings. The standard InChI is InChI=1S/C16H34N2/c1-6-15(7-2)13(4)17-14(5)16-10-9-11-18(8-3)12-16/h13-17H,6-12H2,1-5H3. The van der Waals surface area contributed by atoms with Crippen molar-refractivity contribution in [2.75, 3.05) is 19.6 Å². The molecule has 1 aliphatic rings. The van der Waals surface area contributed by atoms with Crippen LogP contribution in [-0.2, 0) is 0 Å². The number of nitrogens with zero attached hydrogens (tertiary/aromatic N) is 1. The van der Waals surface area contributed by atoms with E-state index in [1.165, 1.54) is 45.3 Å². The molecule has 0 aliphatic carbocycles. The third-order valence-corrected chi connectivity index (χ3v) is 4.98. The second-order valence-electron chi connectivity index (χ2n) is 6.12. The molecule has 1 fully saturated rings. The molecule has 18 heavy (non-hydrogen) atoms. The fourth-order valence-corrected chi connectivity index (χ4v) is 3.47. The van der Waals surface area contributed by atoms with Crippen molar-refractivity contribution >= 4 is 0 Å². The lowest BCUT2D eigenvalue weighted by atomic mass is 9.89. The molecule has 0 aromatic heterocycles. The van der Waals surface area contributed by atoms with Gasteiger partial charge in [0.05, 0.1) is 0 Å². The number of hydrogen-bond donors (Lipinski definition) is 1. The van der Waals surface area contributed by atoms with E-state index in [9.17, 15) is 0 Å². The fraction of sp³-hybridized carbons (Fsp3) is 1.00. The Balaban J connectivity index is 2.41.